The van der Waals surface area contributed by atoms with E-state index in [-0.39, 0.29) is 5.41 Å². The summed E-state index contributed by atoms with van der Waals surface area (Å²) in [7, 11) is 0. The number of nitrogens with zero attached hydrogens (tertiary/aromatic N) is 2. The van der Waals surface area contributed by atoms with Crippen LogP contribution in [0.1, 0.15) is 50.7 Å². The van der Waals surface area contributed by atoms with Gasteiger partial charge in [-0.3, -0.25) is 0 Å². The maximum Gasteiger partial charge on any atom is 0.133 e. The predicted molar refractivity (Wildman–Crippen MR) is 113 cm³/mol. The van der Waals surface area contributed by atoms with E-state index in [4.69, 9.17) is 0 Å². The molecule has 1 aromatic heterocycles. The lowest BCUT2D eigenvalue weighted by Crippen LogP contribution is -2.27. The highest BCUT2D eigenvalue weighted by atomic mass is 15.2. The number of fused-ring (bicyclic) bond motifs is 5. The van der Waals surface area contributed by atoms with E-state index >= 15 is 0 Å². The highest BCUT2D eigenvalue weighted by Crippen LogP contribution is 2.57. The number of anilines is 2. The van der Waals surface area contributed by atoms with Crippen molar-refractivity contribution >= 4 is 11.5 Å². The third-order valence-corrected chi connectivity index (χ3v) is 6.40. The number of hydrogen-bond acceptors (Lipinski definition) is 2. The average Bonchev–Trinajstić information content (AvgIpc) is 3.29. The first-order valence-corrected chi connectivity index (χ1v) is 10.2. The van der Waals surface area contributed by atoms with Gasteiger partial charge in [0.05, 0.1) is 0 Å². The SMILES string of the molecule is CC(C)N(c1ccc2c(c1)C1(CCCC1)c1ccccc1-2)c1ccccn1. The molecule has 0 radical (unpaired) electrons. The van der Waals surface area contributed by atoms with Crippen molar-refractivity contribution in [2.45, 2.75) is 51.0 Å². The van der Waals surface area contributed by atoms with Crippen molar-refractivity contribution in [1.82, 2.24) is 4.98 Å². The number of rotatable bonds is 3. The van der Waals surface area contributed by atoms with Crippen LogP contribution in [-0.2, 0) is 5.41 Å². The molecule has 1 spiro atoms. The molecule has 136 valence electrons. The second-order valence-electron chi connectivity index (χ2n) is 8.22. The first kappa shape index (κ1) is 16.6. The van der Waals surface area contributed by atoms with E-state index < -0.39 is 0 Å². The molecule has 2 heteroatoms. The number of benzene rings is 2. The van der Waals surface area contributed by atoms with Crippen molar-refractivity contribution < 1.29 is 0 Å². The molecule has 2 nitrogen and oxygen atoms in total. The van der Waals surface area contributed by atoms with E-state index in [1.54, 1.807) is 5.56 Å². The summed E-state index contributed by atoms with van der Waals surface area (Å²) >= 11 is 0. The molecule has 0 amide bonds. The summed E-state index contributed by atoms with van der Waals surface area (Å²) in [5, 5.41) is 0. The van der Waals surface area contributed by atoms with Crippen molar-refractivity contribution in [3.8, 4) is 11.1 Å². The van der Waals surface area contributed by atoms with E-state index in [0.29, 0.717) is 6.04 Å². The van der Waals surface area contributed by atoms with Gasteiger partial charge in [-0.15, -0.1) is 0 Å². The third-order valence-electron chi connectivity index (χ3n) is 6.40. The molecule has 0 N–H and O–H groups in total. The van der Waals surface area contributed by atoms with Gasteiger partial charge in [0.15, 0.2) is 0 Å². The van der Waals surface area contributed by atoms with Gasteiger partial charge in [0.1, 0.15) is 5.82 Å². The summed E-state index contributed by atoms with van der Waals surface area (Å²) in [4.78, 5) is 6.98. The van der Waals surface area contributed by atoms with Crippen LogP contribution in [0.5, 0.6) is 0 Å². The maximum absolute atomic E-state index is 4.62. The predicted octanol–water partition coefficient (Wildman–Crippen LogP) is 6.47. The van der Waals surface area contributed by atoms with Crippen molar-refractivity contribution in [3.05, 3.63) is 78.0 Å². The van der Waals surface area contributed by atoms with Crippen LogP contribution in [0.25, 0.3) is 11.1 Å². The van der Waals surface area contributed by atoms with E-state index in [1.807, 2.05) is 12.3 Å². The molecular weight excluding hydrogens is 328 g/mol. The van der Waals surface area contributed by atoms with Crippen LogP contribution in [-0.4, -0.2) is 11.0 Å². The Morgan fingerprint density at radius 1 is 0.852 bits per heavy atom. The summed E-state index contributed by atoms with van der Waals surface area (Å²) in [6.45, 7) is 4.48. The quantitative estimate of drug-likeness (QED) is 0.536. The largest absolute Gasteiger partial charge is 0.324 e. The highest BCUT2D eigenvalue weighted by Gasteiger charge is 2.45. The van der Waals surface area contributed by atoms with Crippen LogP contribution in [0.4, 0.5) is 11.5 Å². The highest BCUT2D eigenvalue weighted by molar-refractivity contribution is 5.83. The van der Waals surface area contributed by atoms with Crippen LogP contribution in [0.3, 0.4) is 0 Å². The fourth-order valence-electron chi connectivity index (χ4n) is 5.30. The second-order valence-corrected chi connectivity index (χ2v) is 8.22. The van der Waals surface area contributed by atoms with E-state index in [9.17, 15) is 0 Å². The van der Waals surface area contributed by atoms with Gasteiger partial charge >= 0.3 is 0 Å². The lowest BCUT2D eigenvalue weighted by molar-refractivity contribution is 0.549. The van der Waals surface area contributed by atoms with E-state index in [1.165, 1.54) is 48.1 Å². The van der Waals surface area contributed by atoms with E-state index in [2.05, 4.69) is 78.3 Å². The number of pyridine rings is 1. The summed E-state index contributed by atoms with van der Waals surface area (Å²) in [5.41, 5.74) is 7.41. The Hall–Kier alpha value is -2.61. The maximum atomic E-state index is 4.62. The van der Waals surface area contributed by atoms with Crippen molar-refractivity contribution in [3.63, 3.8) is 0 Å². The molecule has 5 rings (SSSR count). The average molecular weight is 354 g/mol. The zero-order chi connectivity index (χ0) is 18.4. The minimum absolute atomic E-state index is 0.217. The molecule has 0 atom stereocenters. The van der Waals surface area contributed by atoms with Gasteiger partial charge in [-0.25, -0.2) is 4.98 Å². The van der Waals surface area contributed by atoms with Gasteiger partial charge in [-0.1, -0.05) is 49.2 Å². The molecule has 0 bridgehead atoms. The van der Waals surface area contributed by atoms with Crippen molar-refractivity contribution in [1.29, 1.82) is 0 Å². The van der Waals surface area contributed by atoms with Crippen LogP contribution < -0.4 is 4.90 Å². The molecule has 27 heavy (non-hydrogen) atoms. The third kappa shape index (κ3) is 2.43. The van der Waals surface area contributed by atoms with Gasteiger partial charge in [0.25, 0.3) is 0 Å². The van der Waals surface area contributed by atoms with Gasteiger partial charge in [-0.05, 0) is 73.2 Å². The Morgan fingerprint density at radius 3 is 2.33 bits per heavy atom. The molecular formula is C25H26N2. The molecule has 3 aromatic rings. The standard InChI is InChI=1S/C25H26N2/c1-18(2)27(24-11-5-8-16-26-24)19-12-13-21-20-9-3-4-10-22(20)25(23(21)17-19)14-6-7-15-25/h3-5,8-13,16-18H,6-7,14-15H2,1-2H3. The summed E-state index contributed by atoms with van der Waals surface area (Å²) in [6, 6.07) is 22.6. The fraction of sp³-hybridized carbons (Fsp3) is 0.320. The lowest BCUT2D eigenvalue weighted by Gasteiger charge is -2.31. The number of hydrogen-bond donors (Lipinski definition) is 0. The topological polar surface area (TPSA) is 16.1 Å². The smallest absolute Gasteiger partial charge is 0.133 e. The first-order chi connectivity index (χ1) is 13.2. The molecule has 2 aliphatic rings. The first-order valence-electron chi connectivity index (χ1n) is 10.2. The minimum atomic E-state index is 0.217. The van der Waals surface area contributed by atoms with Gasteiger partial charge in [0, 0.05) is 23.3 Å². The Kier molecular flexibility index (Phi) is 3.82. The summed E-state index contributed by atoms with van der Waals surface area (Å²) in [5.74, 6) is 1.02. The lowest BCUT2D eigenvalue weighted by atomic mass is 9.76. The second kappa shape index (κ2) is 6.23. The van der Waals surface area contributed by atoms with Crippen LogP contribution >= 0.6 is 0 Å². The van der Waals surface area contributed by atoms with E-state index in [0.717, 1.165) is 5.82 Å². The molecule has 1 heterocycles. The Morgan fingerprint density at radius 2 is 1.59 bits per heavy atom. The zero-order valence-corrected chi connectivity index (χ0v) is 16.2. The number of aromatic nitrogens is 1. The zero-order valence-electron chi connectivity index (χ0n) is 16.2. The molecule has 1 saturated carbocycles. The monoisotopic (exact) mass is 354 g/mol. The van der Waals surface area contributed by atoms with Crippen molar-refractivity contribution in [2.75, 3.05) is 4.90 Å². The molecule has 0 aliphatic heterocycles. The van der Waals surface area contributed by atoms with Crippen molar-refractivity contribution in [2.24, 2.45) is 0 Å². The van der Waals surface area contributed by atoms with Gasteiger partial charge in [-0.2, -0.15) is 0 Å². The van der Waals surface area contributed by atoms with Crippen LogP contribution in [0, 0.1) is 0 Å². The Balaban J connectivity index is 1.68. The molecule has 2 aromatic carbocycles. The minimum Gasteiger partial charge on any atom is -0.324 e. The fourth-order valence-corrected chi connectivity index (χ4v) is 5.30. The normalized spacial score (nSPS) is 16.6. The molecule has 0 unspecified atom stereocenters. The molecule has 0 saturated heterocycles. The molecule has 2 aliphatic carbocycles. The summed E-state index contributed by atoms with van der Waals surface area (Å²) in [6.07, 6.45) is 7.07. The molecule has 1 fully saturated rings. The Labute approximate surface area is 161 Å². The van der Waals surface area contributed by atoms with Gasteiger partial charge in [0.2, 0.25) is 0 Å². The van der Waals surface area contributed by atoms with Crippen LogP contribution in [0.15, 0.2) is 66.9 Å². The summed E-state index contributed by atoms with van der Waals surface area (Å²) < 4.78 is 0. The van der Waals surface area contributed by atoms with Gasteiger partial charge < -0.3 is 4.90 Å². The van der Waals surface area contributed by atoms with Crippen LogP contribution in [0.2, 0.25) is 0 Å². The Bertz CT molecular complexity index is 969.